The number of para-hydroxylation sites is 2. The predicted molar refractivity (Wildman–Crippen MR) is 104 cm³/mol. The standard InChI is InChI=1S/C21H20FN3O2/c1-14(2)27-20-6-4-3-5-18(20)25-21(26)19-12-11-17(13-23-19)24-16-9-7-15(22)8-10-16/h3-14,24H,1-2H3,(H,25,26). The highest BCUT2D eigenvalue weighted by Crippen LogP contribution is 2.25. The number of nitrogens with one attached hydrogen (secondary N) is 2. The van der Waals surface area contributed by atoms with Crippen molar-refractivity contribution in [3.63, 3.8) is 0 Å². The van der Waals surface area contributed by atoms with Crippen LogP contribution in [0.1, 0.15) is 24.3 Å². The Kier molecular flexibility index (Phi) is 5.66. The monoisotopic (exact) mass is 365 g/mol. The molecule has 0 aliphatic rings. The zero-order chi connectivity index (χ0) is 19.2. The molecule has 2 N–H and O–H groups in total. The third kappa shape index (κ3) is 5.04. The maximum atomic E-state index is 13.0. The first-order valence-electron chi connectivity index (χ1n) is 8.57. The van der Waals surface area contributed by atoms with Crippen LogP contribution in [0.25, 0.3) is 0 Å². The lowest BCUT2D eigenvalue weighted by atomic mass is 10.2. The molecule has 0 saturated carbocycles. The van der Waals surface area contributed by atoms with Crippen molar-refractivity contribution < 1.29 is 13.9 Å². The van der Waals surface area contributed by atoms with Crippen molar-refractivity contribution in [2.75, 3.05) is 10.6 Å². The number of nitrogens with zero attached hydrogens (tertiary/aromatic N) is 1. The average Bonchev–Trinajstić information content (AvgIpc) is 2.65. The van der Waals surface area contributed by atoms with Crippen LogP contribution in [0.15, 0.2) is 66.9 Å². The minimum absolute atomic E-state index is 0.00186. The van der Waals surface area contributed by atoms with Gasteiger partial charge in [-0.3, -0.25) is 4.79 Å². The number of aromatic nitrogens is 1. The topological polar surface area (TPSA) is 63.2 Å². The number of ether oxygens (including phenoxy) is 1. The summed E-state index contributed by atoms with van der Waals surface area (Å²) in [4.78, 5) is 16.7. The zero-order valence-corrected chi connectivity index (χ0v) is 15.1. The third-order valence-electron chi connectivity index (χ3n) is 3.63. The molecule has 1 heterocycles. The molecule has 2 aromatic carbocycles. The van der Waals surface area contributed by atoms with Gasteiger partial charge < -0.3 is 15.4 Å². The van der Waals surface area contributed by atoms with Crippen molar-refractivity contribution in [1.29, 1.82) is 0 Å². The van der Waals surface area contributed by atoms with Crippen LogP contribution in [0.3, 0.4) is 0 Å². The van der Waals surface area contributed by atoms with Crippen molar-refractivity contribution in [3.05, 3.63) is 78.4 Å². The van der Waals surface area contributed by atoms with Gasteiger partial charge in [0, 0.05) is 5.69 Å². The number of halogens is 1. The van der Waals surface area contributed by atoms with Gasteiger partial charge in [0.2, 0.25) is 0 Å². The molecule has 0 saturated heterocycles. The molecule has 0 spiro atoms. The highest BCUT2D eigenvalue weighted by molar-refractivity contribution is 6.03. The van der Waals surface area contributed by atoms with Gasteiger partial charge in [0.1, 0.15) is 17.3 Å². The Bertz CT molecular complexity index is 909. The van der Waals surface area contributed by atoms with Gasteiger partial charge in [-0.1, -0.05) is 12.1 Å². The first kappa shape index (κ1) is 18.4. The third-order valence-corrected chi connectivity index (χ3v) is 3.63. The lowest BCUT2D eigenvalue weighted by molar-refractivity contribution is 0.102. The summed E-state index contributed by atoms with van der Waals surface area (Å²) in [6, 6.07) is 16.6. The molecular formula is C21H20FN3O2. The Morgan fingerprint density at radius 3 is 2.37 bits per heavy atom. The van der Waals surface area contributed by atoms with E-state index in [2.05, 4.69) is 15.6 Å². The Hall–Kier alpha value is -3.41. The number of rotatable bonds is 6. The normalized spacial score (nSPS) is 10.5. The van der Waals surface area contributed by atoms with Gasteiger partial charge in [0.15, 0.2) is 0 Å². The summed E-state index contributed by atoms with van der Waals surface area (Å²) in [6.07, 6.45) is 1.55. The average molecular weight is 365 g/mol. The van der Waals surface area contributed by atoms with Crippen LogP contribution in [0.4, 0.5) is 21.5 Å². The van der Waals surface area contributed by atoms with Crippen LogP contribution < -0.4 is 15.4 Å². The second kappa shape index (κ2) is 8.31. The molecular weight excluding hydrogens is 345 g/mol. The predicted octanol–water partition coefficient (Wildman–Crippen LogP) is 5.00. The quantitative estimate of drug-likeness (QED) is 0.645. The summed E-state index contributed by atoms with van der Waals surface area (Å²) in [6.45, 7) is 3.85. The minimum atomic E-state index is -0.330. The van der Waals surface area contributed by atoms with Crippen molar-refractivity contribution in [2.24, 2.45) is 0 Å². The summed E-state index contributed by atoms with van der Waals surface area (Å²) in [5.41, 5.74) is 2.29. The van der Waals surface area contributed by atoms with Gasteiger partial charge >= 0.3 is 0 Å². The molecule has 0 bridgehead atoms. The van der Waals surface area contributed by atoms with E-state index in [1.807, 2.05) is 26.0 Å². The number of carbonyl (C=O) groups excluding carboxylic acids is 1. The van der Waals surface area contributed by atoms with Gasteiger partial charge in [-0.05, 0) is 62.4 Å². The molecule has 27 heavy (non-hydrogen) atoms. The fraction of sp³-hybridized carbons (Fsp3) is 0.143. The fourth-order valence-electron chi connectivity index (χ4n) is 2.41. The van der Waals surface area contributed by atoms with Crippen molar-refractivity contribution in [3.8, 4) is 5.75 Å². The van der Waals surface area contributed by atoms with E-state index in [9.17, 15) is 9.18 Å². The number of hydrogen-bond donors (Lipinski definition) is 2. The molecule has 3 rings (SSSR count). The molecule has 138 valence electrons. The second-order valence-electron chi connectivity index (χ2n) is 6.18. The van der Waals surface area contributed by atoms with Crippen LogP contribution >= 0.6 is 0 Å². The first-order valence-corrected chi connectivity index (χ1v) is 8.57. The van der Waals surface area contributed by atoms with Crippen LogP contribution in [-0.2, 0) is 0 Å². The molecule has 0 atom stereocenters. The number of anilines is 3. The van der Waals surface area contributed by atoms with E-state index >= 15 is 0 Å². The second-order valence-corrected chi connectivity index (χ2v) is 6.18. The summed E-state index contributed by atoms with van der Waals surface area (Å²) >= 11 is 0. The molecule has 6 heteroatoms. The molecule has 1 aromatic heterocycles. The number of benzene rings is 2. The summed E-state index contributed by atoms with van der Waals surface area (Å²) < 4.78 is 18.7. The van der Waals surface area contributed by atoms with E-state index in [4.69, 9.17) is 4.74 Å². The number of amides is 1. The maximum Gasteiger partial charge on any atom is 0.274 e. The van der Waals surface area contributed by atoms with Gasteiger partial charge in [0.25, 0.3) is 5.91 Å². The highest BCUT2D eigenvalue weighted by Gasteiger charge is 2.12. The van der Waals surface area contributed by atoms with Crippen molar-refractivity contribution in [1.82, 2.24) is 4.98 Å². The molecule has 0 aliphatic heterocycles. The summed E-state index contributed by atoms with van der Waals surface area (Å²) in [7, 11) is 0. The van der Waals surface area contributed by atoms with E-state index in [1.165, 1.54) is 12.1 Å². The maximum absolute atomic E-state index is 13.0. The van der Waals surface area contributed by atoms with E-state index in [0.717, 1.165) is 5.69 Å². The van der Waals surface area contributed by atoms with Crippen LogP contribution in [0, 0.1) is 5.82 Å². The lowest BCUT2D eigenvalue weighted by Crippen LogP contribution is -2.15. The molecule has 0 fully saturated rings. The Morgan fingerprint density at radius 1 is 1.00 bits per heavy atom. The van der Waals surface area contributed by atoms with E-state index < -0.39 is 0 Å². The molecule has 0 radical (unpaired) electrons. The van der Waals surface area contributed by atoms with Gasteiger partial charge in [-0.15, -0.1) is 0 Å². The number of carbonyl (C=O) groups is 1. The fourth-order valence-corrected chi connectivity index (χ4v) is 2.41. The smallest absolute Gasteiger partial charge is 0.274 e. The Labute approximate surface area is 157 Å². The molecule has 0 aliphatic carbocycles. The van der Waals surface area contributed by atoms with Gasteiger partial charge in [-0.2, -0.15) is 0 Å². The van der Waals surface area contributed by atoms with Crippen LogP contribution in [0.2, 0.25) is 0 Å². The molecule has 3 aromatic rings. The highest BCUT2D eigenvalue weighted by atomic mass is 19.1. The molecule has 0 unspecified atom stereocenters. The van der Waals surface area contributed by atoms with Gasteiger partial charge in [0.05, 0.1) is 23.7 Å². The number of pyridine rings is 1. The molecule has 1 amide bonds. The van der Waals surface area contributed by atoms with Crippen molar-refractivity contribution in [2.45, 2.75) is 20.0 Å². The minimum Gasteiger partial charge on any atom is -0.489 e. The van der Waals surface area contributed by atoms with Gasteiger partial charge in [-0.25, -0.2) is 9.37 Å². The summed E-state index contributed by atoms with van der Waals surface area (Å²) in [5.74, 6) is -0.0222. The van der Waals surface area contributed by atoms with E-state index in [1.54, 1.807) is 42.6 Å². The van der Waals surface area contributed by atoms with E-state index in [-0.39, 0.29) is 23.5 Å². The van der Waals surface area contributed by atoms with Crippen LogP contribution in [0.5, 0.6) is 5.75 Å². The zero-order valence-electron chi connectivity index (χ0n) is 15.1. The van der Waals surface area contributed by atoms with E-state index in [0.29, 0.717) is 17.1 Å². The lowest BCUT2D eigenvalue weighted by Gasteiger charge is -2.14. The first-order chi connectivity index (χ1) is 13.0. The van der Waals surface area contributed by atoms with Crippen molar-refractivity contribution >= 4 is 23.0 Å². The Balaban J connectivity index is 1.68. The number of hydrogen-bond acceptors (Lipinski definition) is 4. The summed E-state index contributed by atoms with van der Waals surface area (Å²) in [5, 5.41) is 5.92. The van der Waals surface area contributed by atoms with Crippen LogP contribution in [-0.4, -0.2) is 17.0 Å². The Morgan fingerprint density at radius 2 is 1.70 bits per heavy atom. The SMILES string of the molecule is CC(C)Oc1ccccc1NC(=O)c1ccc(Nc2ccc(F)cc2)cn1. The largest absolute Gasteiger partial charge is 0.489 e. The molecule has 5 nitrogen and oxygen atoms in total.